The van der Waals surface area contributed by atoms with Crippen LogP contribution in [0.2, 0.25) is 0 Å². The number of phosphoric ester groups is 1. The summed E-state index contributed by atoms with van der Waals surface area (Å²) in [5.74, 6) is -1.67. The summed E-state index contributed by atoms with van der Waals surface area (Å²) in [5, 5.41) is 20.3. The number of halogens is 4. The Labute approximate surface area is 188 Å². The number of hydrogen-bond acceptors (Lipinski definition) is 11. The molecule has 0 radical (unpaired) electrons. The normalized spacial score (nSPS) is 29.5. The van der Waals surface area contributed by atoms with Crippen molar-refractivity contribution < 1.29 is 78.9 Å². The number of hydrogen-bond donors (Lipinski definition) is 7. The minimum absolute atomic E-state index is 0.0770. The summed E-state index contributed by atoms with van der Waals surface area (Å²) in [7, 11) is -17.5. The molecule has 1 aliphatic heterocycles. The molecule has 0 amide bonds. The molecule has 0 bridgehead atoms. The first-order chi connectivity index (χ1) is 15.1. The number of H-pyrrole nitrogens is 1. The highest BCUT2D eigenvalue weighted by atomic mass is 32.1. The smallest absolute Gasteiger partial charge is 0.387 e. The summed E-state index contributed by atoms with van der Waals surface area (Å²) >= 11 is 4.59. The number of alkyl halides is 3. The molecule has 1 aromatic heterocycles. The Morgan fingerprint density at radius 1 is 1.18 bits per heavy atom. The van der Waals surface area contributed by atoms with Gasteiger partial charge < -0.3 is 34.5 Å². The average Bonchev–Trinajstić information content (AvgIpc) is 2.85. The van der Waals surface area contributed by atoms with Crippen LogP contribution in [0.3, 0.4) is 0 Å². The molecule has 1 saturated heterocycles. The van der Waals surface area contributed by atoms with Crippen LogP contribution in [0.15, 0.2) is 11.0 Å². The number of nitrogens with one attached hydrogen (secondary N) is 1. The predicted octanol–water partition coefficient (Wildman–Crippen LogP) is -0.0600. The zero-order valence-corrected chi connectivity index (χ0v) is 19.2. The van der Waals surface area contributed by atoms with Gasteiger partial charge >= 0.3 is 29.6 Å². The number of nitrogens with zero attached hydrogens (tertiary/aromatic N) is 1. The van der Waals surface area contributed by atoms with E-state index in [1.54, 1.807) is 4.98 Å². The fourth-order valence-electron chi connectivity index (χ4n) is 2.59. The van der Waals surface area contributed by atoms with Crippen LogP contribution >= 0.6 is 35.7 Å². The molecule has 0 aromatic carbocycles. The first-order valence-electron chi connectivity index (χ1n) is 8.01. The highest BCUT2D eigenvalue weighted by Crippen LogP contribution is 2.66. The Morgan fingerprint density at radius 2 is 1.74 bits per heavy atom. The van der Waals surface area contributed by atoms with Crippen LogP contribution in [0.25, 0.3) is 0 Å². The Morgan fingerprint density at radius 3 is 2.24 bits per heavy atom. The molecule has 34 heavy (non-hydrogen) atoms. The van der Waals surface area contributed by atoms with Gasteiger partial charge in [-0.15, -0.1) is 0 Å². The van der Waals surface area contributed by atoms with E-state index < -0.39 is 76.4 Å². The van der Waals surface area contributed by atoms with Crippen LogP contribution in [-0.4, -0.2) is 69.9 Å². The summed E-state index contributed by atoms with van der Waals surface area (Å²) in [5.41, 5.74) is -5.72. The molecule has 16 nitrogen and oxygen atoms in total. The lowest BCUT2D eigenvalue weighted by molar-refractivity contribution is -0.304. The quantitative estimate of drug-likeness (QED) is 0.120. The third kappa shape index (κ3) is 6.45. The molecule has 0 aliphatic carbocycles. The maximum atomic E-state index is 13.6. The lowest BCUT2D eigenvalue weighted by atomic mass is 9.93. The van der Waals surface area contributed by atoms with Crippen molar-refractivity contribution in [1.29, 1.82) is 0 Å². The fourth-order valence-corrected chi connectivity index (χ4v) is 5.87. The molecule has 24 heteroatoms. The molecule has 7 N–H and O–H groups in total. The van der Waals surface area contributed by atoms with Crippen LogP contribution in [-0.2, 0) is 31.6 Å². The molecule has 196 valence electrons. The minimum Gasteiger partial charge on any atom is -0.387 e. The third-order valence-electron chi connectivity index (χ3n) is 3.93. The number of phosphoric acid groups is 3. The molecular weight excluding hydrogens is 573 g/mol. The summed E-state index contributed by atoms with van der Waals surface area (Å²) in [6.45, 7) is -1.60. The molecule has 0 spiro atoms. The van der Waals surface area contributed by atoms with Gasteiger partial charge in [0, 0.05) is 0 Å². The Kier molecular flexibility index (Phi) is 8.22. The number of aliphatic hydroxyl groups is 2. The third-order valence-corrected chi connectivity index (χ3v) is 8.05. The van der Waals surface area contributed by atoms with Crippen molar-refractivity contribution in [2.45, 2.75) is 30.2 Å². The van der Waals surface area contributed by atoms with Crippen molar-refractivity contribution in [3.8, 4) is 0 Å². The number of rotatable bonds is 8. The molecule has 3 unspecified atom stereocenters. The van der Waals surface area contributed by atoms with Crippen molar-refractivity contribution in [1.82, 2.24) is 9.55 Å². The summed E-state index contributed by atoms with van der Waals surface area (Å²) in [6, 6.07) is 0. The van der Waals surface area contributed by atoms with Crippen LogP contribution in [0.5, 0.6) is 0 Å². The monoisotopic (exact) mass is 586 g/mol. The van der Waals surface area contributed by atoms with E-state index in [0.717, 1.165) is 0 Å². The molecule has 1 fully saturated rings. The molecule has 2 rings (SSSR count). The van der Waals surface area contributed by atoms with E-state index in [1.807, 2.05) is 0 Å². The first kappa shape index (κ1) is 29.3. The second kappa shape index (κ2) is 9.53. The van der Waals surface area contributed by atoms with Crippen LogP contribution in [0.1, 0.15) is 6.23 Å². The van der Waals surface area contributed by atoms with Crippen molar-refractivity contribution >= 4 is 35.7 Å². The number of aromatic nitrogens is 2. The van der Waals surface area contributed by atoms with Gasteiger partial charge in [-0.3, -0.25) is 18.9 Å². The van der Waals surface area contributed by atoms with Crippen molar-refractivity contribution in [3.63, 3.8) is 0 Å². The molecule has 1 aromatic rings. The lowest BCUT2D eigenvalue weighted by Gasteiger charge is -2.33. The van der Waals surface area contributed by atoms with Gasteiger partial charge in [0.15, 0.2) is 11.0 Å². The van der Waals surface area contributed by atoms with E-state index in [2.05, 4.69) is 25.4 Å². The molecule has 0 saturated carbocycles. The van der Waals surface area contributed by atoms with E-state index >= 15 is 0 Å². The van der Waals surface area contributed by atoms with Crippen molar-refractivity contribution in [2.24, 2.45) is 0 Å². The Hall–Kier alpha value is -0.890. The molecule has 1 aliphatic rings. The van der Waals surface area contributed by atoms with Crippen molar-refractivity contribution in [2.75, 3.05) is 6.61 Å². The van der Waals surface area contributed by atoms with Gasteiger partial charge in [0.1, 0.15) is 12.2 Å². The topological polar surface area (TPSA) is 247 Å². The van der Waals surface area contributed by atoms with Crippen LogP contribution in [0.4, 0.5) is 17.6 Å². The number of ether oxygens (including phenoxy) is 1. The number of aliphatic hydroxyl groups excluding tert-OH is 1. The average molecular weight is 586 g/mol. The fraction of sp³-hybridized carbons (Fsp3) is 0.600. The number of aromatic amines is 1. The summed E-state index contributed by atoms with van der Waals surface area (Å²) < 4.78 is 103. The predicted molar refractivity (Wildman–Crippen MR) is 96.6 cm³/mol. The SMILES string of the molecule is O=c1[nH]c(=S)n([C@@H]2O[C@H](COP(=O)(O)OP(=O)(O)OP(=O)(O)O)C(O)[C@]2(O)C(F)(F)F)cc1F. The highest BCUT2D eigenvalue weighted by Gasteiger charge is 2.71. The standard InChI is InChI=1S/C10H13F4N2O14P3S/c11-3-1-16(8(34)15-6(3)18)7-9(19,10(12,13)14)5(17)4(28-7)2-27-32(23,24)30-33(25,26)29-31(20,21)22/h1,4-5,7,17,19H,2H2,(H,23,24)(H,25,26)(H,15,18,34)(H2,20,21,22)/t4-,5?,7-,9-/m1/s1. The lowest BCUT2D eigenvalue weighted by Crippen LogP contribution is -2.58. The first-order valence-corrected chi connectivity index (χ1v) is 12.9. The summed E-state index contributed by atoms with van der Waals surface area (Å²) in [4.78, 5) is 48.2. The zero-order chi connectivity index (χ0) is 26.5. The van der Waals surface area contributed by atoms with Gasteiger partial charge in [0.2, 0.25) is 11.4 Å². The van der Waals surface area contributed by atoms with Crippen LogP contribution < -0.4 is 5.56 Å². The van der Waals surface area contributed by atoms with Gasteiger partial charge in [0.05, 0.1) is 12.8 Å². The second-order valence-electron chi connectivity index (χ2n) is 6.33. The van der Waals surface area contributed by atoms with Gasteiger partial charge in [-0.05, 0) is 12.2 Å². The van der Waals surface area contributed by atoms with E-state index in [4.69, 9.17) is 19.4 Å². The molecule has 6 atom stereocenters. The van der Waals surface area contributed by atoms with Gasteiger partial charge in [-0.25, -0.2) is 13.7 Å². The van der Waals surface area contributed by atoms with Gasteiger partial charge in [-0.1, -0.05) is 0 Å². The van der Waals surface area contributed by atoms with E-state index in [0.29, 0.717) is 0 Å². The maximum Gasteiger partial charge on any atom is 0.490 e. The molecule has 2 heterocycles. The Bertz CT molecular complexity index is 1200. The molecular formula is C10H13F4N2O14P3S. The second-order valence-corrected chi connectivity index (χ2v) is 11.1. The summed E-state index contributed by atoms with van der Waals surface area (Å²) in [6.07, 6.45) is -13.8. The highest BCUT2D eigenvalue weighted by molar-refractivity contribution is 7.71. The minimum atomic E-state index is -5.97. The van der Waals surface area contributed by atoms with Crippen molar-refractivity contribution in [3.05, 3.63) is 27.1 Å². The zero-order valence-electron chi connectivity index (χ0n) is 15.7. The largest absolute Gasteiger partial charge is 0.490 e. The van der Waals surface area contributed by atoms with Crippen LogP contribution in [0, 0.1) is 10.6 Å². The maximum absolute atomic E-state index is 13.6. The van der Waals surface area contributed by atoms with E-state index in [1.165, 1.54) is 0 Å². The van der Waals surface area contributed by atoms with E-state index in [9.17, 15) is 51.2 Å². The van der Waals surface area contributed by atoms with Gasteiger partial charge in [-0.2, -0.15) is 26.2 Å². The van der Waals surface area contributed by atoms with Gasteiger partial charge in [0.25, 0.3) is 5.56 Å². The van der Waals surface area contributed by atoms with E-state index in [-0.39, 0.29) is 10.8 Å². The Balaban J connectivity index is 2.33.